The number of aryl methyl sites for hydroxylation is 2. The summed E-state index contributed by atoms with van der Waals surface area (Å²) in [4.78, 5) is 23.6. The average molecular weight is 314 g/mol. The first-order valence-corrected chi connectivity index (χ1v) is 7.64. The Labute approximate surface area is 133 Å². The second-order valence-electron chi connectivity index (χ2n) is 5.40. The lowest BCUT2D eigenvalue weighted by molar-refractivity contribution is -0.144. The molecule has 0 bridgehead atoms. The fourth-order valence-electron chi connectivity index (χ4n) is 2.67. The Morgan fingerprint density at radius 3 is 2.96 bits per heavy atom. The molecule has 7 heteroatoms. The van der Waals surface area contributed by atoms with E-state index in [4.69, 9.17) is 4.74 Å². The number of carbonyl (C=O) groups is 2. The van der Waals surface area contributed by atoms with Crippen molar-refractivity contribution in [3.8, 4) is 0 Å². The lowest BCUT2D eigenvalue weighted by Crippen LogP contribution is -2.14. The highest BCUT2D eigenvalue weighted by Crippen LogP contribution is 2.23. The van der Waals surface area contributed by atoms with Crippen LogP contribution in [0.25, 0.3) is 0 Å². The van der Waals surface area contributed by atoms with Crippen LogP contribution < -0.4 is 5.32 Å². The second kappa shape index (κ2) is 6.60. The van der Waals surface area contributed by atoms with E-state index in [0.29, 0.717) is 18.0 Å². The lowest BCUT2D eigenvalue weighted by atomic mass is 10.1. The van der Waals surface area contributed by atoms with Crippen LogP contribution in [0.1, 0.15) is 34.8 Å². The highest BCUT2D eigenvalue weighted by atomic mass is 16.5. The normalized spacial score (nSPS) is 12.7. The van der Waals surface area contributed by atoms with Crippen molar-refractivity contribution in [1.82, 2.24) is 15.0 Å². The third kappa shape index (κ3) is 3.56. The average Bonchev–Trinajstić information content (AvgIpc) is 3.15. The topological polar surface area (TPSA) is 86.1 Å². The molecule has 1 amide bonds. The summed E-state index contributed by atoms with van der Waals surface area (Å²) >= 11 is 0. The number of ether oxygens (including phenoxy) is 1. The summed E-state index contributed by atoms with van der Waals surface area (Å²) in [5.41, 5.74) is 3.16. The summed E-state index contributed by atoms with van der Waals surface area (Å²) in [5, 5.41) is 10.3. The number of fused-ring (bicyclic) bond motifs is 1. The molecule has 1 aliphatic rings. The zero-order valence-electron chi connectivity index (χ0n) is 12.9. The smallest absolute Gasteiger partial charge is 0.327 e. The van der Waals surface area contributed by atoms with Crippen molar-refractivity contribution in [2.24, 2.45) is 0 Å². The number of nitrogens with zero attached hydrogens (tertiary/aromatic N) is 3. The Hall–Kier alpha value is -2.70. The number of nitrogens with one attached hydrogen (secondary N) is 1. The molecule has 0 atom stereocenters. The van der Waals surface area contributed by atoms with Gasteiger partial charge in [-0.15, -0.1) is 5.10 Å². The minimum atomic E-state index is -0.395. The fourth-order valence-corrected chi connectivity index (χ4v) is 2.67. The monoisotopic (exact) mass is 314 g/mol. The van der Waals surface area contributed by atoms with E-state index in [0.717, 1.165) is 19.3 Å². The van der Waals surface area contributed by atoms with Gasteiger partial charge in [0.1, 0.15) is 6.54 Å². The molecule has 1 aromatic heterocycles. The number of carbonyl (C=O) groups excluding carboxylic acids is 2. The van der Waals surface area contributed by atoms with E-state index in [1.165, 1.54) is 22.0 Å². The molecule has 0 radical (unpaired) electrons. The number of aromatic nitrogens is 3. The number of anilines is 1. The Kier molecular flexibility index (Phi) is 4.36. The summed E-state index contributed by atoms with van der Waals surface area (Å²) in [7, 11) is 0. The molecule has 1 heterocycles. The van der Waals surface area contributed by atoms with E-state index < -0.39 is 5.97 Å². The van der Waals surface area contributed by atoms with Crippen LogP contribution in [0.15, 0.2) is 24.4 Å². The van der Waals surface area contributed by atoms with Crippen LogP contribution in [0.4, 0.5) is 5.82 Å². The Balaban J connectivity index is 1.64. The van der Waals surface area contributed by atoms with E-state index in [1.54, 1.807) is 6.92 Å². The van der Waals surface area contributed by atoms with E-state index in [2.05, 4.69) is 15.6 Å². The third-order valence-electron chi connectivity index (χ3n) is 3.74. The van der Waals surface area contributed by atoms with Crippen LogP contribution in [-0.4, -0.2) is 33.5 Å². The molecule has 0 saturated carbocycles. The summed E-state index contributed by atoms with van der Waals surface area (Å²) in [5.74, 6) is -0.323. The Morgan fingerprint density at radius 2 is 2.13 bits per heavy atom. The maximum absolute atomic E-state index is 12.3. The summed E-state index contributed by atoms with van der Waals surface area (Å²) in [6, 6.07) is 5.76. The number of esters is 1. The van der Waals surface area contributed by atoms with Gasteiger partial charge in [-0.2, -0.15) is 0 Å². The molecule has 7 nitrogen and oxygen atoms in total. The van der Waals surface area contributed by atoms with Gasteiger partial charge in [0.25, 0.3) is 5.91 Å². The molecule has 23 heavy (non-hydrogen) atoms. The molecular weight excluding hydrogens is 296 g/mol. The first kappa shape index (κ1) is 15.2. The zero-order valence-corrected chi connectivity index (χ0v) is 12.9. The molecule has 1 aliphatic carbocycles. The predicted octanol–water partition coefficient (Wildman–Crippen LogP) is 1.58. The summed E-state index contributed by atoms with van der Waals surface area (Å²) in [6.45, 7) is 2.02. The summed E-state index contributed by atoms with van der Waals surface area (Å²) in [6.07, 6.45) is 4.75. The SMILES string of the molecule is CCOC(=O)Cn1cc(NC(=O)c2ccc3c(c2)CCC3)nn1. The van der Waals surface area contributed by atoms with Crippen molar-refractivity contribution < 1.29 is 14.3 Å². The molecule has 2 aromatic rings. The molecule has 120 valence electrons. The van der Waals surface area contributed by atoms with Gasteiger partial charge < -0.3 is 10.1 Å². The molecule has 0 fully saturated rings. The van der Waals surface area contributed by atoms with Crippen molar-refractivity contribution in [2.45, 2.75) is 32.7 Å². The van der Waals surface area contributed by atoms with Gasteiger partial charge >= 0.3 is 5.97 Å². The molecule has 0 spiro atoms. The molecule has 1 N–H and O–H groups in total. The number of hydrogen-bond donors (Lipinski definition) is 1. The maximum Gasteiger partial charge on any atom is 0.327 e. The highest BCUT2D eigenvalue weighted by molar-refractivity contribution is 6.03. The van der Waals surface area contributed by atoms with Gasteiger partial charge in [-0.25, -0.2) is 4.68 Å². The Bertz CT molecular complexity index is 739. The van der Waals surface area contributed by atoms with Gasteiger partial charge in [-0.3, -0.25) is 9.59 Å². The predicted molar refractivity (Wildman–Crippen MR) is 83.1 cm³/mol. The fraction of sp³-hybridized carbons (Fsp3) is 0.375. The van der Waals surface area contributed by atoms with Crippen molar-refractivity contribution in [3.05, 3.63) is 41.1 Å². The number of amides is 1. The van der Waals surface area contributed by atoms with Gasteiger partial charge in [0.2, 0.25) is 0 Å². The van der Waals surface area contributed by atoms with Gasteiger partial charge in [0.15, 0.2) is 5.82 Å². The number of benzene rings is 1. The number of rotatable bonds is 5. The minimum absolute atomic E-state index is 0.0322. The molecule has 3 rings (SSSR count). The second-order valence-corrected chi connectivity index (χ2v) is 5.40. The van der Waals surface area contributed by atoms with Crippen molar-refractivity contribution in [3.63, 3.8) is 0 Å². The van der Waals surface area contributed by atoms with Crippen LogP contribution in [0.2, 0.25) is 0 Å². The largest absolute Gasteiger partial charge is 0.465 e. The first-order chi connectivity index (χ1) is 11.2. The molecule has 1 aromatic carbocycles. The highest BCUT2D eigenvalue weighted by Gasteiger charge is 2.15. The first-order valence-electron chi connectivity index (χ1n) is 7.64. The van der Waals surface area contributed by atoms with E-state index in [9.17, 15) is 9.59 Å². The molecule has 0 aliphatic heterocycles. The Morgan fingerprint density at radius 1 is 1.30 bits per heavy atom. The molecule has 0 saturated heterocycles. The van der Waals surface area contributed by atoms with Crippen LogP contribution in [0.3, 0.4) is 0 Å². The van der Waals surface area contributed by atoms with E-state index >= 15 is 0 Å². The van der Waals surface area contributed by atoms with Crippen LogP contribution in [0.5, 0.6) is 0 Å². The van der Waals surface area contributed by atoms with Crippen molar-refractivity contribution >= 4 is 17.7 Å². The van der Waals surface area contributed by atoms with Crippen LogP contribution >= 0.6 is 0 Å². The third-order valence-corrected chi connectivity index (χ3v) is 3.74. The van der Waals surface area contributed by atoms with Gasteiger partial charge in [-0.05, 0) is 49.4 Å². The molecule has 0 unspecified atom stereocenters. The standard InChI is InChI=1S/C16H18N4O3/c1-2-23-15(21)10-20-9-14(18-19-20)17-16(22)13-7-6-11-4-3-5-12(11)8-13/h6-9H,2-5,10H2,1H3,(H,17,22). The summed E-state index contributed by atoms with van der Waals surface area (Å²) < 4.78 is 6.16. The quantitative estimate of drug-likeness (QED) is 0.847. The van der Waals surface area contributed by atoms with Gasteiger partial charge in [0, 0.05) is 5.56 Å². The zero-order chi connectivity index (χ0) is 16.2. The van der Waals surface area contributed by atoms with Crippen LogP contribution in [-0.2, 0) is 28.9 Å². The van der Waals surface area contributed by atoms with E-state index in [1.807, 2.05) is 18.2 Å². The van der Waals surface area contributed by atoms with Crippen molar-refractivity contribution in [1.29, 1.82) is 0 Å². The molecular formula is C16H18N4O3. The van der Waals surface area contributed by atoms with Gasteiger partial charge in [-0.1, -0.05) is 11.3 Å². The number of hydrogen-bond acceptors (Lipinski definition) is 5. The van der Waals surface area contributed by atoms with Crippen LogP contribution in [0, 0.1) is 0 Å². The van der Waals surface area contributed by atoms with Gasteiger partial charge in [0.05, 0.1) is 12.8 Å². The van der Waals surface area contributed by atoms with E-state index in [-0.39, 0.29) is 12.5 Å². The maximum atomic E-state index is 12.3. The lowest BCUT2D eigenvalue weighted by Gasteiger charge is -2.04. The minimum Gasteiger partial charge on any atom is -0.465 e. The van der Waals surface area contributed by atoms with Crippen molar-refractivity contribution in [2.75, 3.05) is 11.9 Å².